The summed E-state index contributed by atoms with van der Waals surface area (Å²) in [7, 11) is 0. The summed E-state index contributed by atoms with van der Waals surface area (Å²) >= 11 is 0. The molecule has 0 radical (unpaired) electrons. The minimum Gasteiger partial charge on any atom is -0.384 e. The fraction of sp³-hybridized carbons (Fsp3) is 0.591. The minimum atomic E-state index is -4.61. The molecule has 11 heteroatoms. The first kappa shape index (κ1) is 23.5. The van der Waals surface area contributed by atoms with Gasteiger partial charge in [0.15, 0.2) is 0 Å². The Morgan fingerprint density at radius 3 is 1.97 bits per heavy atom. The third-order valence-electron chi connectivity index (χ3n) is 5.65. The van der Waals surface area contributed by atoms with E-state index in [0.717, 1.165) is 12.3 Å². The van der Waals surface area contributed by atoms with E-state index in [-0.39, 0.29) is 41.5 Å². The normalized spacial score (nSPS) is 26.5. The summed E-state index contributed by atoms with van der Waals surface area (Å²) in [6.45, 7) is 10.0. The Bertz CT molecular complexity index is 940. The van der Waals surface area contributed by atoms with Gasteiger partial charge in [-0.25, -0.2) is 9.97 Å². The van der Waals surface area contributed by atoms with Crippen molar-refractivity contribution in [2.75, 3.05) is 41.7 Å². The van der Waals surface area contributed by atoms with Crippen LogP contribution in [0.4, 0.5) is 30.8 Å². The molecule has 2 aromatic heterocycles. The van der Waals surface area contributed by atoms with E-state index in [4.69, 9.17) is 20.2 Å². The van der Waals surface area contributed by atoms with Gasteiger partial charge in [-0.2, -0.15) is 18.2 Å². The first-order valence-electron chi connectivity index (χ1n) is 11.0. The molecule has 0 aromatic carbocycles. The topological polar surface area (TPSA) is 89.6 Å². The van der Waals surface area contributed by atoms with Gasteiger partial charge in [0.2, 0.25) is 5.95 Å². The van der Waals surface area contributed by atoms with Crippen LogP contribution >= 0.6 is 0 Å². The van der Waals surface area contributed by atoms with Gasteiger partial charge in [-0.15, -0.1) is 0 Å². The van der Waals surface area contributed by atoms with Crippen molar-refractivity contribution in [3.05, 3.63) is 23.9 Å². The van der Waals surface area contributed by atoms with E-state index >= 15 is 0 Å². The highest BCUT2D eigenvalue weighted by molar-refractivity contribution is 5.69. The van der Waals surface area contributed by atoms with Crippen molar-refractivity contribution < 1.29 is 22.6 Å². The lowest BCUT2D eigenvalue weighted by Crippen LogP contribution is -2.47. The number of anilines is 3. The Balaban J connectivity index is 1.84. The van der Waals surface area contributed by atoms with Crippen LogP contribution in [0.15, 0.2) is 18.3 Å². The van der Waals surface area contributed by atoms with Crippen LogP contribution in [-0.2, 0) is 15.7 Å². The molecular formula is C22H29F3N6O2. The van der Waals surface area contributed by atoms with Gasteiger partial charge in [-0.3, -0.25) is 0 Å². The summed E-state index contributed by atoms with van der Waals surface area (Å²) in [5.41, 5.74) is 4.70. The van der Waals surface area contributed by atoms with Gasteiger partial charge in [0.1, 0.15) is 11.6 Å². The van der Waals surface area contributed by atoms with Crippen molar-refractivity contribution >= 4 is 17.6 Å². The van der Waals surface area contributed by atoms with Gasteiger partial charge in [0.05, 0.1) is 35.7 Å². The Morgan fingerprint density at radius 2 is 1.42 bits per heavy atom. The second-order valence-electron chi connectivity index (χ2n) is 8.89. The maximum absolute atomic E-state index is 13.8. The number of ether oxygens (including phenoxy) is 2. The maximum atomic E-state index is 13.8. The van der Waals surface area contributed by atoms with E-state index in [2.05, 4.69) is 9.97 Å². The van der Waals surface area contributed by atoms with E-state index < -0.39 is 11.7 Å². The molecule has 0 unspecified atom stereocenters. The number of halogens is 3. The van der Waals surface area contributed by atoms with Crippen LogP contribution in [0.2, 0.25) is 0 Å². The standard InChI is InChI=1S/C22H29F3N6O2/c1-12-8-30(9-13(2)32-12)20-6-18(16-7-27-19(26)5-17(16)22(23,24)25)28-21(29-20)31-10-14(3)33-15(4)11-31/h5-7,12-15H,8-11H2,1-4H3,(H2,26,27)/t12-,13+,14-,15+. The zero-order valence-corrected chi connectivity index (χ0v) is 19.1. The summed E-state index contributed by atoms with van der Waals surface area (Å²) in [6.07, 6.45) is -3.68. The van der Waals surface area contributed by atoms with E-state index in [0.29, 0.717) is 37.9 Å². The SMILES string of the molecule is C[C@@H]1CN(c2cc(-c3cnc(N)cc3C(F)(F)F)nc(N3C[C@@H](C)O[C@@H](C)C3)n2)C[C@H](C)O1. The zero-order chi connectivity index (χ0) is 23.9. The zero-order valence-electron chi connectivity index (χ0n) is 19.1. The fourth-order valence-corrected chi connectivity index (χ4v) is 4.48. The molecule has 4 rings (SSSR count). The van der Waals surface area contributed by atoms with Crippen molar-refractivity contribution in [3.63, 3.8) is 0 Å². The lowest BCUT2D eigenvalue weighted by Gasteiger charge is -2.38. The molecular weight excluding hydrogens is 437 g/mol. The van der Waals surface area contributed by atoms with Gasteiger partial charge in [-0.05, 0) is 33.8 Å². The molecule has 2 N–H and O–H groups in total. The monoisotopic (exact) mass is 466 g/mol. The summed E-state index contributed by atoms with van der Waals surface area (Å²) in [5.74, 6) is 0.710. The molecule has 4 atom stereocenters. The first-order valence-corrected chi connectivity index (χ1v) is 11.0. The molecule has 8 nitrogen and oxygen atoms in total. The number of alkyl halides is 3. The number of rotatable bonds is 3. The lowest BCUT2D eigenvalue weighted by atomic mass is 10.1. The average Bonchev–Trinajstić information content (AvgIpc) is 2.71. The summed E-state index contributed by atoms with van der Waals surface area (Å²) in [4.78, 5) is 17.2. The van der Waals surface area contributed by atoms with Gasteiger partial charge in [-0.1, -0.05) is 0 Å². The summed E-state index contributed by atoms with van der Waals surface area (Å²) in [5, 5.41) is 0. The third-order valence-corrected chi connectivity index (χ3v) is 5.65. The van der Waals surface area contributed by atoms with Gasteiger partial charge in [0.25, 0.3) is 0 Å². The van der Waals surface area contributed by atoms with Crippen LogP contribution in [0.25, 0.3) is 11.3 Å². The molecule has 2 fully saturated rings. The van der Waals surface area contributed by atoms with E-state index in [9.17, 15) is 13.2 Å². The molecule has 0 amide bonds. The predicted octanol–water partition coefficient (Wildman–Crippen LogP) is 3.37. The molecule has 2 aliphatic rings. The number of nitrogen functional groups attached to an aromatic ring is 1. The second-order valence-corrected chi connectivity index (χ2v) is 8.89. The highest BCUT2D eigenvalue weighted by Gasteiger charge is 2.36. The maximum Gasteiger partial charge on any atom is 0.417 e. The smallest absolute Gasteiger partial charge is 0.384 e. The summed E-state index contributed by atoms with van der Waals surface area (Å²) in [6, 6.07) is 2.43. The van der Waals surface area contributed by atoms with Crippen molar-refractivity contribution in [2.45, 2.75) is 58.3 Å². The Morgan fingerprint density at radius 1 is 0.879 bits per heavy atom. The summed E-state index contributed by atoms with van der Waals surface area (Å²) < 4.78 is 53.2. The molecule has 0 aliphatic carbocycles. The lowest BCUT2D eigenvalue weighted by molar-refractivity contribution is -0.137. The molecule has 0 saturated carbocycles. The molecule has 180 valence electrons. The molecule has 2 aliphatic heterocycles. The number of aromatic nitrogens is 3. The molecule has 4 heterocycles. The fourth-order valence-electron chi connectivity index (χ4n) is 4.48. The van der Waals surface area contributed by atoms with Crippen LogP contribution in [0.5, 0.6) is 0 Å². The van der Waals surface area contributed by atoms with Crippen molar-refractivity contribution in [1.82, 2.24) is 15.0 Å². The van der Waals surface area contributed by atoms with Crippen LogP contribution in [-0.4, -0.2) is 65.5 Å². The Labute approximate surface area is 190 Å². The first-order chi connectivity index (χ1) is 15.5. The van der Waals surface area contributed by atoms with Crippen molar-refractivity contribution in [1.29, 1.82) is 0 Å². The van der Waals surface area contributed by atoms with Gasteiger partial charge < -0.3 is 25.0 Å². The average molecular weight is 467 g/mol. The number of hydrogen-bond donors (Lipinski definition) is 1. The molecule has 2 saturated heterocycles. The number of morpholine rings is 2. The molecule has 0 bridgehead atoms. The minimum absolute atomic E-state index is 0.0389. The largest absolute Gasteiger partial charge is 0.417 e. The highest BCUT2D eigenvalue weighted by Crippen LogP contribution is 2.38. The molecule has 2 aromatic rings. The van der Waals surface area contributed by atoms with Crippen LogP contribution in [0.1, 0.15) is 33.3 Å². The van der Waals surface area contributed by atoms with E-state index in [1.54, 1.807) is 6.07 Å². The molecule has 33 heavy (non-hydrogen) atoms. The number of pyridine rings is 1. The number of hydrogen-bond acceptors (Lipinski definition) is 8. The van der Waals surface area contributed by atoms with Gasteiger partial charge in [0, 0.05) is 44.0 Å². The number of nitrogens with zero attached hydrogens (tertiary/aromatic N) is 5. The third kappa shape index (κ3) is 5.30. The van der Waals surface area contributed by atoms with Crippen molar-refractivity contribution in [2.24, 2.45) is 0 Å². The van der Waals surface area contributed by atoms with Crippen LogP contribution < -0.4 is 15.5 Å². The highest BCUT2D eigenvalue weighted by atomic mass is 19.4. The van der Waals surface area contributed by atoms with Crippen LogP contribution in [0.3, 0.4) is 0 Å². The Hall–Kier alpha value is -2.66. The van der Waals surface area contributed by atoms with Gasteiger partial charge >= 0.3 is 6.18 Å². The van der Waals surface area contributed by atoms with Crippen LogP contribution in [0, 0.1) is 0 Å². The van der Waals surface area contributed by atoms with E-state index in [1.807, 2.05) is 37.5 Å². The van der Waals surface area contributed by atoms with E-state index in [1.165, 1.54) is 0 Å². The molecule has 0 spiro atoms. The number of nitrogens with two attached hydrogens (primary N) is 1. The Kier molecular flexibility index (Phi) is 6.37. The second kappa shape index (κ2) is 8.94. The predicted molar refractivity (Wildman–Crippen MR) is 119 cm³/mol. The van der Waals surface area contributed by atoms with Crippen molar-refractivity contribution in [3.8, 4) is 11.3 Å². The quantitative estimate of drug-likeness (QED) is 0.737.